The van der Waals surface area contributed by atoms with Crippen molar-refractivity contribution in [3.8, 4) is 0 Å². The van der Waals surface area contributed by atoms with Gasteiger partial charge in [-0.25, -0.2) is 4.79 Å². The van der Waals surface area contributed by atoms with Crippen molar-refractivity contribution in [2.45, 2.75) is 18.9 Å². The number of hydrogen-bond donors (Lipinski definition) is 1. The zero-order valence-corrected chi connectivity index (χ0v) is 10.1. The number of benzene rings is 1. The number of urea groups is 1. The first-order chi connectivity index (χ1) is 8.09. The van der Waals surface area contributed by atoms with E-state index >= 15 is 0 Å². The molecule has 2 rings (SSSR count). The van der Waals surface area contributed by atoms with Crippen molar-refractivity contribution in [1.82, 2.24) is 10.2 Å². The molecule has 1 aromatic rings. The number of amides is 2. The van der Waals surface area contributed by atoms with Crippen molar-refractivity contribution in [2.24, 2.45) is 0 Å². The maximum absolute atomic E-state index is 11.7. The van der Waals surface area contributed by atoms with E-state index in [2.05, 4.69) is 5.32 Å². The maximum atomic E-state index is 11.7. The lowest BCUT2D eigenvalue weighted by Crippen LogP contribution is -2.38. The molecule has 17 heavy (non-hydrogen) atoms. The third-order valence-corrected chi connectivity index (χ3v) is 3.00. The predicted molar refractivity (Wildman–Crippen MR) is 65.0 cm³/mol. The number of nitrogens with one attached hydrogen (secondary N) is 1. The Morgan fingerprint density at radius 2 is 2.06 bits per heavy atom. The topological polar surface area (TPSA) is 49.4 Å². The number of fused-ring (bicyclic) bond motifs is 1. The fourth-order valence-corrected chi connectivity index (χ4v) is 2.05. The fourth-order valence-electron chi connectivity index (χ4n) is 2.05. The molecule has 1 aliphatic carbocycles. The van der Waals surface area contributed by atoms with Crippen LogP contribution in [-0.2, 0) is 0 Å². The number of rotatable bonds is 1. The molecule has 0 aliphatic heterocycles. The lowest BCUT2D eigenvalue weighted by atomic mass is 9.87. The Balaban J connectivity index is 2.24. The number of nitrogens with zero attached hydrogens (tertiary/aromatic N) is 1. The highest BCUT2D eigenvalue weighted by atomic mass is 16.2. The second kappa shape index (κ2) is 4.57. The number of carbonyl (C=O) groups is 2. The van der Waals surface area contributed by atoms with Crippen LogP contribution in [0.3, 0.4) is 0 Å². The minimum Gasteiger partial charge on any atom is -0.331 e. The second-order valence-electron chi connectivity index (χ2n) is 4.45. The summed E-state index contributed by atoms with van der Waals surface area (Å²) in [7, 11) is 3.41. The first-order valence-electron chi connectivity index (χ1n) is 5.69. The maximum Gasteiger partial charge on any atom is 0.317 e. The molecule has 4 heteroatoms. The molecule has 1 N–H and O–H groups in total. The molecule has 1 aliphatic rings. The van der Waals surface area contributed by atoms with Gasteiger partial charge in [-0.05, 0) is 12.0 Å². The van der Waals surface area contributed by atoms with Crippen LogP contribution in [0.1, 0.15) is 34.8 Å². The number of ketones is 1. The van der Waals surface area contributed by atoms with Gasteiger partial charge in [-0.2, -0.15) is 0 Å². The molecule has 1 unspecified atom stereocenters. The molecule has 90 valence electrons. The summed E-state index contributed by atoms with van der Waals surface area (Å²) in [5.41, 5.74) is 1.67. The second-order valence-corrected chi connectivity index (χ2v) is 4.45. The zero-order valence-electron chi connectivity index (χ0n) is 10.1. The molecule has 0 fully saturated rings. The zero-order chi connectivity index (χ0) is 12.4. The van der Waals surface area contributed by atoms with Crippen LogP contribution in [0.5, 0.6) is 0 Å². The summed E-state index contributed by atoms with van der Waals surface area (Å²) in [6, 6.07) is 7.30. The van der Waals surface area contributed by atoms with Crippen LogP contribution in [0.2, 0.25) is 0 Å². The van der Waals surface area contributed by atoms with E-state index in [-0.39, 0.29) is 17.9 Å². The highest BCUT2D eigenvalue weighted by molar-refractivity contribution is 5.98. The summed E-state index contributed by atoms with van der Waals surface area (Å²) < 4.78 is 0. The van der Waals surface area contributed by atoms with Crippen molar-refractivity contribution < 1.29 is 9.59 Å². The van der Waals surface area contributed by atoms with Gasteiger partial charge in [0, 0.05) is 26.1 Å². The molecule has 0 saturated carbocycles. The minimum absolute atomic E-state index is 0.0567. The summed E-state index contributed by atoms with van der Waals surface area (Å²) in [6.07, 6.45) is 1.17. The Labute approximate surface area is 101 Å². The van der Waals surface area contributed by atoms with Gasteiger partial charge in [-0.3, -0.25) is 4.79 Å². The Bertz CT molecular complexity index is 454. The number of carbonyl (C=O) groups excluding carboxylic acids is 2. The van der Waals surface area contributed by atoms with Crippen LogP contribution < -0.4 is 5.32 Å². The molecular formula is C13H16N2O2. The molecule has 1 aromatic carbocycles. The molecule has 1 atom stereocenters. The van der Waals surface area contributed by atoms with Crippen LogP contribution in [0.15, 0.2) is 24.3 Å². The molecule has 0 spiro atoms. The lowest BCUT2D eigenvalue weighted by molar-refractivity contribution is 0.0963. The molecule has 4 nitrogen and oxygen atoms in total. The van der Waals surface area contributed by atoms with Gasteiger partial charge < -0.3 is 10.2 Å². The molecule has 0 saturated heterocycles. The molecular weight excluding hydrogens is 216 g/mol. The molecule has 0 heterocycles. The smallest absolute Gasteiger partial charge is 0.317 e. The third-order valence-electron chi connectivity index (χ3n) is 3.00. The summed E-state index contributed by atoms with van der Waals surface area (Å²) in [4.78, 5) is 24.9. The van der Waals surface area contributed by atoms with Crippen LogP contribution >= 0.6 is 0 Å². The molecule has 0 radical (unpaired) electrons. The van der Waals surface area contributed by atoms with Gasteiger partial charge in [0.25, 0.3) is 0 Å². The largest absolute Gasteiger partial charge is 0.331 e. The van der Waals surface area contributed by atoms with Gasteiger partial charge in [0.2, 0.25) is 0 Å². The minimum atomic E-state index is -0.126. The first-order valence-corrected chi connectivity index (χ1v) is 5.69. The van der Waals surface area contributed by atoms with E-state index in [0.29, 0.717) is 12.8 Å². The van der Waals surface area contributed by atoms with E-state index in [1.807, 2.05) is 24.3 Å². The Morgan fingerprint density at radius 3 is 2.76 bits per heavy atom. The third kappa shape index (κ3) is 2.30. The predicted octanol–water partition coefficient (Wildman–Crippen LogP) is 1.98. The number of hydrogen-bond acceptors (Lipinski definition) is 2. The Hall–Kier alpha value is -1.84. The quantitative estimate of drug-likeness (QED) is 0.804. The average molecular weight is 232 g/mol. The number of Topliss-reactive ketones (excluding diaryl/α,β-unsaturated/α-hetero) is 1. The van der Waals surface area contributed by atoms with Crippen molar-refractivity contribution in [2.75, 3.05) is 14.1 Å². The van der Waals surface area contributed by atoms with E-state index in [4.69, 9.17) is 0 Å². The van der Waals surface area contributed by atoms with Gasteiger partial charge in [-0.15, -0.1) is 0 Å². The highest BCUT2D eigenvalue weighted by Crippen LogP contribution is 2.29. The van der Waals surface area contributed by atoms with Crippen molar-refractivity contribution in [3.05, 3.63) is 35.4 Å². The van der Waals surface area contributed by atoms with Crippen LogP contribution in [-0.4, -0.2) is 30.8 Å². The Kier molecular flexibility index (Phi) is 3.13. The van der Waals surface area contributed by atoms with Crippen molar-refractivity contribution in [1.29, 1.82) is 0 Å². The standard InChI is InChI=1S/C13H16N2O2/c1-15(2)13(17)14-11-7-8-12(16)10-6-4-3-5-9(10)11/h3-6,11H,7-8H2,1-2H3,(H,14,17). The van der Waals surface area contributed by atoms with E-state index in [1.165, 1.54) is 4.90 Å². The van der Waals surface area contributed by atoms with Gasteiger partial charge in [0.05, 0.1) is 6.04 Å². The SMILES string of the molecule is CN(C)C(=O)NC1CCC(=O)c2ccccc21. The average Bonchev–Trinajstić information content (AvgIpc) is 2.33. The molecule has 2 amide bonds. The highest BCUT2D eigenvalue weighted by Gasteiger charge is 2.26. The normalized spacial score (nSPS) is 18.5. The monoisotopic (exact) mass is 232 g/mol. The van der Waals surface area contributed by atoms with Crippen molar-refractivity contribution in [3.63, 3.8) is 0 Å². The van der Waals surface area contributed by atoms with Gasteiger partial charge in [0.1, 0.15) is 0 Å². The van der Waals surface area contributed by atoms with Gasteiger partial charge in [0.15, 0.2) is 5.78 Å². The van der Waals surface area contributed by atoms with Crippen molar-refractivity contribution >= 4 is 11.8 Å². The lowest BCUT2D eigenvalue weighted by Gasteiger charge is -2.26. The van der Waals surface area contributed by atoms with Crippen LogP contribution in [0.4, 0.5) is 4.79 Å². The van der Waals surface area contributed by atoms with E-state index in [0.717, 1.165) is 11.1 Å². The first kappa shape index (κ1) is 11.6. The molecule has 0 aromatic heterocycles. The van der Waals surface area contributed by atoms with Crippen LogP contribution in [0, 0.1) is 0 Å². The summed E-state index contributed by atoms with van der Waals surface area (Å²) >= 11 is 0. The van der Waals surface area contributed by atoms with Crippen LogP contribution in [0.25, 0.3) is 0 Å². The van der Waals surface area contributed by atoms with E-state index in [9.17, 15) is 9.59 Å². The van der Waals surface area contributed by atoms with E-state index in [1.54, 1.807) is 14.1 Å². The fraction of sp³-hybridized carbons (Fsp3) is 0.385. The molecule has 0 bridgehead atoms. The summed E-state index contributed by atoms with van der Waals surface area (Å²) in [6.45, 7) is 0. The van der Waals surface area contributed by atoms with Gasteiger partial charge in [-0.1, -0.05) is 24.3 Å². The van der Waals surface area contributed by atoms with Gasteiger partial charge >= 0.3 is 6.03 Å². The Morgan fingerprint density at radius 1 is 1.35 bits per heavy atom. The van der Waals surface area contributed by atoms with E-state index < -0.39 is 0 Å². The summed E-state index contributed by atoms with van der Waals surface area (Å²) in [5, 5.41) is 2.93. The summed E-state index contributed by atoms with van der Waals surface area (Å²) in [5.74, 6) is 0.163.